The molecule has 1 heterocycles. The maximum absolute atomic E-state index is 12.4. The summed E-state index contributed by atoms with van der Waals surface area (Å²) in [6.45, 7) is 9.43. The highest BCUT2D eigenvalue weighted by atomic mass is 32.1. The average Bonchev–Trinajstić information content (AvgIpc) is 3.13. The number of nitrogens with zero attached hydrogens (tertiary/aromatic N) is 2. The highest BCUT2D eigenvalue weighted by molar-refractivity contribution is 7.14. The van der Waals surface area contributed by atoms with Crippen LogP contribution in [0, 0.1) is 27.7 Å². The molecule has 0 aliphatic heterocycles. The van der Waals surface area contributed by atoms with Gasteiger partial charge in [0.1, 0.15) is 6.61 Å². The Kier molecular flexibility index (Phi) is 6.13. The summed E-state index contributed by atoms with van der Waals surface area (Å²) < 4.78 is 5.45. The van der Waals surface area contributed by atoms with Crippen LogP contribution in [-0.4, -0.2) is 16.9 Å². The van der Waals surface area contributed by atoms with Gasteiger partial charge in [-0.2, -0.15) is 0 Å². The molecule has 3 aromatic rings. The fourth-order valence-corrected chi connectivity index (χ4v) is 3.80. The van der Waals surface area contributed by atoms with Crippen LogP contribution in [0.5, 0.6) is 0 Å². The lowest BCUT2D eigenvalue weighted by Crippen LogP contribution is -2.22. The number of ether oxygens (including phenoxy) is 1. The number of benzene rings is 2. The van der Waals surface area contributed by atoms with Crippen molar-refractivity contribution in [2.24, 2.45) is 0 Å². The van der Waals surface area contributed by atoms with Crippen molar-refractivity contribution in [3.05, 3.63) is 75.3 Å². The second-order valence-electron chi connectivity index (χ2n) is 7.14. The Morgan fingerprint density at radius 1 is 1.00 bits per heavy atom. The van der Waals surface area contributed by atoms with E-state index in [-0.39, 0.29) is 18.5 Å². The van der Waals surface area contributed by atoms with E-state index in [9.17, 15) is 9.59 Å². The number of amides is 1. The Balaban J connectivity index is 1.76. The van der Waals surface area contributed by atoms with Crippen molar-refractivity contribution in [2.45, 2.75) is 41.2 Å². The van der Waals surface area contributed by atoms with Crippen molar-refractivity contribution in [1.29, 1.82) is 0 Å². The van der Waals surface area contributed by atoms with Gasteiger partial charge in [-0.05, 0) is 62.6 Å². The number of thiazole rings is 1. The molecule has 0 saturated heterocycles. The van der Waals surface area contributed by atoms with Crippen molar-refractivity contribution >= 4 is 34.0 Å². The monoisotopic (exact) mass is 408 g/mol. The number of carbonyl (C=O) groups excluding carboxylic acids is 2. The topological polar surface area (TPSA) is 59.5 Å². The molecule has 3 rings (SSSR count). The van der Waals surface area contributed by atoms with Crippen LogP contribution < -0.4 is 4.90 Å². The lowest BCUT2D eigenvalue weighted by Gasteiger charge is -2.19. The third-order valence-corrected chi connectivity index (χ3v) is 5.63. The Labute approximate surface area is 175 Å². The van der Waals surface area contributed by atoms with Crippen molar-refractivity contribution in [3.63, 3.8) is 0 Å². The summed E-state index contributed by atoms with van der Waals surface area (Å²) in [7, 11) is 0. The summed E-state index contributed by atoms with van der Waals surface area (Å²) >= 11 is 1.35. The van der Waals surface area contributed by atoms with Crippen LogP contribution in [0.15, 0.2) is 41.8 Å². The Bertz CT molecular complexity index is 1070. The van der Waals surface area contributed by atoms with Gasteiger partial charge in [0.2, 0.25) is 5.91 Å². The van der Waals surface area contributed by atoms with Gasteiger partial charge < -0.3 is 4.74 Å². The Hall–Kier alpha value is -2.99. The van der Waals surface area contributed by atoms with Gasteiger partial charge >= 0.3 is 5.97 Å². The number of esters is 1. The van der Waals surface area contributed by atoms with E-state index < -0.39 is 0 Å². The van der Waals surface area contributed by atoms with Gasteiger partial charge in [0, 0.05) is 12.3 Å². The molecule has 0 aliphatic rings. The number of hydrogen-bond acceptors (Lipinski definition) is 5. The minimum atomic E-state index is -0.377. The molecule has 1 amide bonds. The number of hydrogen-bond donors (Lipinski definition) is 0. The molecule has 0 atom stereocenters. The van der Waals surface area contributed by atoms with E-state index in [0.717, 1.165) is 27.9 Å². The van der Waals surface area contributed by atoms with Crippen LogP contribution in [0.4, 0.5) is 10.8 Å². The van der Waals surface area contributed by atoms with E-state index >= 15 is 0 Å². The van der Waals surface area contributed by atoms with Crippen LogP contribution in [0.25, 0.3) is 0 Å². The second-order valence-corrected chi connectivity index (χ2v) is 7.98. The zero-order chi connectivity index (χ0) is 21.1. The quantitative estimate of drug-likeness (QED) is 0.529. The molecule has 0 bridgehead atoms. The molecular formula is C23H24N2O3S. The third-order valence-electron chi connectivity index (χ3n) is 4.76. The first-order chi connectivity index (χ1) is 13.8. The van der Waals surface area contributed by atoms with Crippen LogP contribution >= 0.6 is 11.3 Å². The summed E-state index contributed by atoms with van der Waals surface area (Å²) in [5.41, 5.74) is 6.08. The molecule has 5 nitrogen and oxygen atoms in total. The van der Waals surface area contributed by atoms with Gasteiger partial charge in [0.25, 0.3) is 0 Å². The van der Waals surface area contributed by atoms with Gasteiger partial charge in [0.05, 0.1) is 16.9 Å². The number of rotatable bonds is 5. The molecule has 0 fully saturated rings. The first-order valence-electron chi connectivity index (χ1n) is 9.33. The van der Waals surface area contributed by atoms with Crippen LogP contribution in [0.1, 0.15) is 45.2 Å². The summed E-state index contributed by atoms with van der Waals surface area (Å²) in [4.78, 5) is 30.8. The van der Waals surface area contributed by atoms with Crippen molar-refractivity contribution in [1.82, 2.24) is 4.98 Å². The van der Waals surface area contributed by atoms with E-state index in [1.54, 1.807) is 4.90 Å². The van der Waals surface area contributed by atoms with Gasteiger partial charge in [-0.1, -0.05) is 23.8 Å². The normalized spacial score (nSPS) is 10.7. The van der Waals surface area contributed by atoms with E-state index in [1.807, 2.05) is 69.5 Å². The molecule has 0 saturated carbocycles. The largest absolute Gasteiger partial charge is 0.456 e. The van der Waals surface area contributed by atoms with Crippen molar-refractivity contribution < 1.29 is 14.3 Å². The Morgan fingerprint density at radius 2 is 1.72 bits per heavy atom. The van der Waals surface area contributed by atoms with Crippen molar-refractivity contribution in [2.75, 3.05) is 4.90 Å². The molecule has 6 heteroatoms. The van der Waals surface area contributed by atoms with Crippen LogP contribution in [0.3, 0.4) is 0 Å². The Morgan fingerprint density at radius 3 is 2.41 bits per heavy atom. The number of anilines is 2. The highest BCUT2D eigenvalue weighted by Crippen LogP contribution is 2.30. The summed E-state index contributed by atoms with van der Waals surface area (Å²) in [6.07, 6.45) is 0. The number of carbonyl (C=O) groups is 2. The molecule has 0 aliphatic carbocycles. The van der Waals surface area contributed by atoms with E-state index in [4.69, 9.17) is 4.74 Å². The molecule has 0 spiro atoms. The molecule has 0 N–H and O–H groups in total. The summed E-state index contributed by atoms with van der Waals surface area (Å²) in [5, 5.41) is 2.36. The number of aromatic nitrogens is 1. The lowest BCUT2D eigenvalue weighted by atomic mass is 10.1. The predicted molar refractivity (Wildman–Crippen MR) is 116 cm³/mol. The van der Waals surface area contributed by atoms with Gasteiger partial charge in [-0.15, -0.1) is 11.3 Å². The van der Waals surface area contributed by atoms with E-state index in [1.165, 1.54) is 18.3 Å². The predicted octanol–water partition coefficient (Wildman–Crippen LogP) is 5.42. The first-order valence-corrected chi connectivity index (χ1v) is 10.2. The molecule has 2 aromatic carbocycles. The highest BCUT2D eigenvalue weighted by Gasteiger charge is 2.19. The lowest BCUT2D eigenvalue weighted by molar-refractivity contribution is -0.115. The average molecular weight is 409 g/mol. The minimum Gasteiger partial charge on any atom is -0.456 e. The van der Waals surface area contributed by atoms with Gasteiger partial charge in [-0.3, -0.25) is 9.69 Å². The molecule has 1 aromatic heterocycles. The third kappa shape index (κ3) is 4.71. The SMILES string of the molecule is CC(=O)N(c1ccc(C)c(C)c1)c1nc(COC(=O)c2cc(C)ccc2C)cs1. The molecule has 0 unspecified atom stereocenters. The smallest absolute Gasteiger partial charge is 0.338 e. The van der Waals surface area contributed by atoms with Crippen LogP contribution in [-0.2, 0) is 16.1 Å². The van der Waals surface area contributed by atoms with E-state index in [2.05, 4.69) is 4.98 Å². The fourth-order valence-electron chi connectivity index (χ4n) is 2.93. The van der Waals surface area contributed by atoms with Gasteiger partial charge in [0.15, 0.2) is 5.13 Å². The first kappa shape index (κ1) is 20.7. The van der Waals surface area contributed by atoms with Crippen LogP contribution in [0.2, 0.25) is 0 Å². The van der Waals surface area contributed by atoms with E-state index in [0.29, 0.717) is 16.4 Å². The molecule has 29 heavy (non-hydrogen) atoms. The van der Waals surface area contributed by atoms with Gasteiger partial charge in [-0.25, -0.2) is 9.78 Å². The maximum Gasteiger partial charge on any atom is 0.338 e. The van der Waals surface area contributed by atoms with Crippen molar-refractivity contribution in [3.8, 4) is 0 Å². The number of aryl methyl sites for hydroxylation is 4. The minimum absolute atomic E-state index is 0.0569. The zero-order valence-corrected chi connectivity index (χ0v) is 18.1. The zero-order valence-electron chi connectivity index (χ0n) is 17.3. The maximum atomic E-state index is 12.4. The molecular weight excluding hydrogens is 384 g/mol. The second kappa shape index (κ2) is 8.57. The fraction of sp³-hybridized carbons (Fsp3) is 0.261. The molecule has 150 valence electrons. The standard InChI is InChI=1S/C23H24N2O3S/c1-14-6-7-16(3)21(10-14)22(27)28-12-19-13-29-23(24-19)25(18(5)26)20-9-8-15(2)17(4)11-20/h6-11,13H,12H2,1-5H3. The summed E-state index contributed by atoms with van der Waals surface area (Å²) in [5.74, 6) is -0.500. The molecule has 0 radical (unpaired) electrons. The summed E-state index contributed by atoms with van der Waals surface area (Å²) in [6, 6.07) is 11.6.